The van der Waals surface area contributed by atoms with Crippen LogP contribution in [0.15, 0.2) is 43.0 Å². The van der Waals surface area contributed by atoms with Crippen LogP contribution in [-0.4, -0.2) is 49.9 Å². The molecule has 3 aromatic heterocycles. The number of ether oxygens (including phenoxy) is 1. The lowest BCUT2D eigenvalue weighted by Gasteiger charge is -2.30. The van der Waals surface area contributed by atoms with Gasteiger partial charge in [-0.2, -0.15) is 5.10 Å². The number of nitrogens with one attached hydrogen (secondary N) is 1. The van der Waals surface area contributed by atoms with Crippen molar-refractivity contribution in [3.05, 3.63) is 70.0 Å². The summed E-state index contributed by atoms with van der Waals surface area (Å²) in [6, 6.07) is 4.86. The molecule has 3 N–H and O–H groups in total. The van der Waals surface area contributed by atoms with Crippen molar-refractivity contribution in [2.45, 2.75) is 31.7 Å². The molecule has 1 saturated heterocycles. The second-order valence-electron chi connectivity index (χ2n) is 8.96. The molecular weight excluding hydrogens is 522 g/mol. The summed E-state index contributed by atoms with van der Waals surface area (Å²) in [7, 11) is 0. The van der Waals surface area contributed by atoms with E-state index in [1.807, 2.05) is 30.1 Å². The smallest absolute Gasteiger partial charge is 0.359 e. The van der Waals surface area contributed by atoms with Gasteiger partial charge < -0.3 is 20.4 Å². The zero-order valence-corrected chi connectivity index (χ0v) is 21.3. The number of primary amides is 1. The molecule has 0 bridgehead atoms. The van der Waals surface area contributed by atoms with Crippen LogP contribution >= 0.6 is 23.2 Å². The van der Waals surface area contributed by atoms with E-state index in [2.05, 4.69) is 19.8 Å². The summed E-state index contributed by atoms with van der Waals surface area (Å²) in [5, 5.41) is 5.81. The normalized spacial score (nSPS) is 15.2. The lowest BCUT2D eigenvalue weighted by Crippen LogP contribution is -2.40. The van der Waals surface area contributed by atoms with Crippen LogP contribution in [-0.2, 0) is 4.74 Å². The first-order valence-electron chi connectivity index (χ1n) is 11.6. The number of halogens is 3. The number of rotatable bonds is 4. The topological polar surface area (TPSA) is 119 Å². The lowest BCUT2D eigenvalue weighted by molar-refractivity contribution is 0.107. The van der Waals surface area contributed by atoms with Crippen LogP contribution in [0.1, 0.15) is 42.9 Å². The third-order valence-corrected chi connectivity index (χ3v) is 7.48. The second-order valence-corrected chi connectivity index (χ2v) is 9.74. The average Bonchev–Trinajstić information content (AvgIpc) is 3.53. The zero-order valence-electron chi connectivity index (χ0n) is 19.7. The quantitative estimate of drug-likeness (QED) is 0.245. The van der Waals surface area contributed by atoms with Crippen LogP contribution in [0, 0.1) is 5.82 Å². The number of H-pyrrole nitrogens is 1. The molecule has 1 aliphatic rings. The van der Waals surface area contributed by atoms with Crippen LogP contribution in [0.25, 0.3) is 22.2 Å². The number of nitrogens with two attached hydrogens (primary N) is 1. The van der Waals surface area contributed by atoms with Crippen molar-refractivity contribution in [1.82, 2.24) is 24.6 Å². The van der Waals surface area contributed by atoms with Crippen LogP contribution in [0.5, 0.6) is 0 Å². The van der Waals surface area contributed by atoms with Crippen molar-refractivity contribution in [2.75, 3.05) is 13.1 Å². The van der Waals surface area contributed by atoms with Crippen LogP contribution in [0.4, 0.5) is 14.0 Å². The van der Waals surface area contributed by atoms with E-state index < -0.39 is 18.0 Å². The molecule has 1 fully saturated rings. The van der Waals surface area contributed by atoms with Gasteiger partial charge in [0.25, 0.3) is 0 Å². The molecule has 37 heavy (non-hydrogen) atoms. The van der Waals surface area contributed by atoms with Gasteiger partial charge in [0.1, 0.15) is 11.5 Å². The Kier molecular flexibility index (Phi) is 6.78. The number of nitrogens with zero attached hydrogens (tertiary/aromatic N) is 4. The van der Waals surface area contributed by atoms with Crippen molar-refractivity contribution in [3.8, 4) is 11.1 Å². The highest BCUT2D eigenvalue weighted by Gasteiger charge is 2.27. The fourth-order valence-corrected chi connectivity index (χ4v) is 5.48. The number of carbonyl (C=O) groups is 2. The van der Waals surface area contributed by atoms with Gasteiger partial charge in [0, 0.05) is 59.1 Å². The number of benzene rings is 1. The van der Waals surface area contributed by atoms with Gasteiger partial charge in [-0.05, 0) is 42.2 Å². The number of hydrogen-bond donors (Lipinski definition) is 2. The van der Waals surface area contributed by atoms with Crippen molar-refractivity contribution >= 4 is 46.4 Å². The summed E-state index contributed by atoms with van der Waals surface area (Å²) in [4.78, 5) is 31.9. The van der Waals surface area contributed by atoms with Gasteiger partial charge in [-0.25, -0.2) is 19.0 Å². The van der Waals surface area contributed by atoms with Gasteiger partial charge in [0.05, 0.1) is 17.3 Å². The molecule has 5 rings (SSSR count). The van der Waals surface area contributed by atoms with Crippen molar-refractivity contribution < 1.29 is 18.7 Å². The number of hydrogen-bond acceptors (Lipinski definition) is 5. The third-order valence-electron chi connectivity index (χ3n) is 6.76. The Morgan fingerprint density at radius 3 is 2.70 bits per heavy atom. The van der Waals surface area contributed by atoms with E-state index in [1.54, 1.807) is 12.4 Å². The van der Waals surface area contributed by atoms with E-state index in [9.17, 15) is 14.0 Å². The van der Waals surface area contributed by atoms with E-state index in [0.29, 0.717) is 42.2 Å². The van der Waals surface area contributed by atoms with Crippen LogP contribution < -0.4 is 5.73 Å². The molecule has 0 aliphatic carbocycles. The average molecular weight is 545 g/mol. The van der Waals surface area contributed by atoms with Gasteiger partial charge in [0.2, 0.25) is 0 Å². The molecular formula is C25H23Cl2FN6O3. The van der Waals surface area contributed by atoms with E-state index in [-0.39, 0.29) is 17.0 Å². The molecule has 2 amide bonds. The number of pyridine rings is 1. The van der Waals surface area contributed by atoms with Crippen LogP contribution in [0.3, 0.4) is 0 Å². The molecule has 0 spiro atoms. The number of amides is 2. The molecule has 1 aliphatic heterocycles. The van der Waals surface area contributed by atoms with Gasteiger partial charge >= 0.3 is 12.2 Å². The predicted molar refractivity (Wildman–Crippen MR) is 137 cm³/mol. The fraction of sp³-hybridized carbons (Fsp3) is 0.280. The summed E-state index contributed by atoms with van der Waals surface area (Å²) in [6.45, 7) is 2.77. The zero-order chi connectivity index (χ0) is 26.3. The Bertz CT molecular complexity index is 1500. The fourth-order valence-electron chi connectivity index (χ4n) is 4.79. The van der Waals surface area contributed by atoms with Crippen molar-refractivity contribution in [3.63, 3.8) is 0 Å². The number of fused-ring (bicyclic) bond motifs is 1. The van der Waals surface area contributed by atoms with Gasteiger partial charge in [-0.15, -0.1) is 0 Å². The van der Waals surface area contributed by atoms with E-state index in [0.717, 1.165) is 22.1 Å². The Morgan fingerprint density at radius 2 is 1.97 bits per heavy atom. The van der Waals surface area contributed by atoms with E-state index in [1.165, 1.54) is 17.0 Å². The van der Waals surface area contributed by atoms with Gasteiger partial charge in [-0.1, -0.05) is 30.1 Å². The molecule has 0 saturated carbocycles. The summed E-state index contributed by atoms with van der Waals surface area (Å²) in [5.74, 6) is -0.801. The second kappa shape index (κ2) is 10.0. The highest BCUT2D eigenvalue weighted by atomic mass is 35.5. The number of aromatic nitrogens is 4. The number of aromatic amines is 1. The van der Waals surface area contributed by atoms with Crippen molar-refractivity contribution in [2.24, 2.45) is 5.73 Å². The number of piperidine rings is 1. The minimum Gasteiger partial charge on any atom is -0.359 e. The molecule has 1 unspecified atom stereocenters. The van der Waals surface area contributed by atoms with Gasteiger partial charge in [-0.3, -0.25) is 4.68 Å². The summed E-state index contributed by atoms with van der Waals surface area (Å²) < 4.78 is 20.5. The molecule has 1 atom stereocenters. The summed E-state index contributed by atoms with van der Waals surface area (Å²) in [5.41, 5.74) is 8.77. The third kappa shape index (κ3) is 4.86. The Labute approximate surface area is 221 Å². The Morgan fingerprint density at radius 1 is 1.22 bits per heavy atom. The van der Waals surface area contributed by atoms with E-state index >= 15 is 0 Å². The first kappa shape index (κ1) is 25.0. The molecule has 4 heterocycles. The predicted octanol–water partition coefficient (Wildman–Crippen LogP) is 5.88. The molecule has 192 valence electrons. The van der Waals surface area contributed by atoms with E-state index in [4.69, 9.17) is 28.9 Å². The SMILES string of the molecule is CC(c1c(Cl)ccc(F)c1Cl)c1c[nH]c2ncc(-c3cnn(C4CCN(C(=O)OC(N)=O)CC4)c3)cc12. The molecule has 9 nitrogen and oxygen atoms in total. The maximum absolute atomic E-state index is 14.2. The molecule has 12 heteroatoms. The Balaban J connectivity index is 1.37. The minimum atomic E-state index is -1.11. The summed E-state index contributed by atoms with van der Waals surface area (Å²) in [6.07, 6.45) is 6.78. The monoisotopic (exact) mass is 544 g/mol. The standard InChI is InChI=1S/C25H23Cl2FN6O3/c1-13(21-19(26)2-3-20(28)22(21)27)18-11-31-23-17(18)8-14(9-30-23)15-10-32-34(12-15)16-4-6-33(7-5-16)25(36)37-24(29)35/h2-3,8-13,16H,4-7H2,1H3,(H2,29,35)(H,30,31). The van der Waals surface area contributed by atoms with Gasteiger partial charge in [0.15, 0.2) is 0 Å². The largest absolute Gasteiger partial charge is 0.418 e. The number of carbonyl (C=O) groups excluding carboxylic acids is 2. The maximum Gasteiger partial charge on any atom is 0.418 e. The van der Waals surface area contributed by atoms with Crippen LogP contribution in [0.2, 0.25) is 10.0 Å². The van der Waals surface area contributed by atoms with Crippen molar-refractivity contribution in [1.29, 1.82) is 0 Å². The minimum absolute atomic E-state index is 0.00803. The first-order valence-corrected chi connectivity index (χ1v) is 12.4. The maximum atomic E-state index is 14.2. The molecule has 1 aromatic carbocycles. The number of likely N-dealkylation sites (tertiary alicyclic amines) is 1. The molecule has 4 aromatic rings. The summed E-state index contributed by atoms with van der Waals surface area (Å²) >= 11 is 12.6. The molecule has 0 radical (unpaired) electrons. The first-order chi connectivity index (χ1) is 17.7. The lowest BCUT2D eigenvalue weighted by atomic mass is 9.92. The highest BCUT2D eigenvalue weighted by molar-refractivity contribution is 6.36. The highest BCUT2D eigenvalue weighted by Crippen LogP contribution is 2.39. The Hall–Kier alpha value is -3.63.